The summed E-state index contributed by atoms with van der Waals surface area (Å²) in [5.41, 5.74) is 5.49. The van der Waals surface area contributed by atoms with Crippen LogP contribution in [0.5, 0.6) is 0 Å². The van der Waals surface area contributed by atoms with Crippen LogP contribution in [0, 0.1) is 0 Å². The van der Waals surface area contributed by atoms with Gasteiger partial charge in [0.2, 0.25) is 5.95 Å². The molecule has 3 heterocycles. The highest BCUT2D eigenvalue weighted by Gasteiger charge is 2.36. The molecule has 108 valence electrons. The standard InChI is InChI=1S/C12H18N6O2/c1-12(19)3-7(20-2)5-18(6-12)10-8-4-14-17-9(8)15-11(13)16-10/h4,7,19H,3,5-6H2,1-2H3,(H3,13,14,15,16,17)/t7?,12-/m0/s1. The Morgan fingerprint density at radius 2 is 2.35 bits per heavy atom. The molecular weight excluding hydrogens is 260 g/mol. The van der Waals surface area contributed by atoms with Crippen LogP contribution in [0.3, 0.4) is 0 Å². The number of fused-ring (bicyclic) bond motifs is 1. The molecule has 1 aliphatic rings. The lowest BCUT2D eigenvalue weighted by Gasteiger charge is -2.41. The number of hydrogen-bond acceptors (Lipinski definition) is 7. The first-order valence-corrected chi connectivity index (χ1v) is 6.45. The van der Waals surface area contributed by atoms with Gasteiger partial charge >= 0.3 is 0 Å². The van der Waals surface area contributed by atoms with Crippen molar-refractivity contribution in [2.24, 2.45) is 0 Å². The number of rotatable bonds is 2. The molecule has 1 fully saturated rings. The van der Waals surface area contributed by atoms with E-state index in [0.29, 0.717) is 31.0 Å². The highest BCUT2D eigenvalue weighted by Crippen LogP contribution is 2.30. The number of nitrogen functional groups attached to an aromatic ring is 1. The number of aliphatic hydroxyl groups is 1. The van der Waals surface area contributed by atoms with Crippen LogP contribution < -0.4 is 10.6 Å². The lowest BCUT2D eigenvalue weighted by Crippen LogP contribution is -2.53. The summed E-state index contributed by atoms with van der Waals surface area (Å²) in [5, 5.41) is 17.9. The Balaban J connectivity index is 2.03. The molecule has 1 aliphatic heterocycles. The fourth-order valence-corrected chi connectivity index (χ4v) is 2.74. The normalized spacial score (nSPS) is 27.1. The molecule has 0 spiro atoms. The average Bonchev–Trinajstić information content (AvgIpc) is 2.83. The van der Waals surface area contributed by atoms with E-state index in [-0.39, 0.29) is 12.1 Å². The number of piperidine rings is 1. The van der Waals surface area contributed by atoms with Crippen molar-refractivity contribution in [2.75, 3.05) is 30.8 Å². The van der Waals surface area contributed by atoms with E-state index in [1.165, 1.54) is 0 Å². The topological polar surface area (TPSA) is 113 Å². The summed E-state index contributed by atoms with van der Waals surface area (Å²) in [6, 6.07) is 0. The Labute approximate surface area is 116 Å². The van der Waals surface area contributed by atoms with Gasteiger partial charge in [-0.25, -0.2) is 0 Å². The minimum absolute atomic E-state index is 0.0584. The summed E-state index contributed by atoms with van der Waals surface area (Å²) >= 11 is 0. The molecule has 8 heteroatoms. The van der Waals surface area contributed by atoms with Gasteiger partial charge in [-0.05, 0) is 6.92 Å². The van der Waals surface area contributed by atoms with Crippen LogP contribution >= 0.6 is 0 Å². The molecule has 0 aromatic carbocycles. The van der Waals surface area contributed by atoms with Gasteiger partial charge in [0, 0.05) is 26.6 Å². The maximum absolute atomic E-state index is 10.4. The van der Waals surface area contributed by atoms with E-state index >= 15 is 0 Å². The molecule has 4 N–H and O–H groups in total. The lowest BCUT2D eigenvalue weighted by atomic mass is 9.93. The van der Waals surface area contributed by atoms with Crippen LogP contribution in [-0.4, -0.2) is 57.2 Å². The van der Waals surface area contributed by atoms with Gasteiger partial charge in [-0.3, -0.25) is 5.10 Å². The summed E-state index contributed by atoms with van der Waals surface area (Å²) in [4.78, 5) is 10.4. The molecule has 2 atom stereocenters. The number of nitrogens with two attached hydrogens (primary N) is 1. The Bertz CT molecular complexity index is 625. The maximum Gasteiger partial charge on any atom is 0.224 e. The molecule has 8 nitrogen and oxygen atoms in total. The molecule has 2 aromatic heterocycles. The number of nitrogens with one attached hydrogen (secondary N) is 1. The minimum Gasteiger partial charge on any atom is -0.388 e. The summed E-state index contributed by atoms with van der Waals surface area (Å²) in [6.07, 6.45) is 2.20. The van der Waals surface area contributed by atoms with Crippen molar-refractivity contribution >= 4 is 22.8 Å². The van der Waals surface area contributed by atoms with E-state index < -0.39 is 5.60 Å². The third-order valence-corrected chi connectivity index (χ3v) is 3.56. The second-order valence-corrected chi connectivity index (χ2v) is 5.48. The zero-order valence-corrected chi connectivity index (χ0v) is 11.5. The van der Waals surface area contributed by atoms with Gasteiger partial charge in [0.1, 0.15) is 5.82 Å². The van der Waals surface area contributed by atoms with Crippen molar-refractivity contribution in [1.82, 2.24) is 20.2 Å². The van der Waals surface area contributed by atoms with Crippen LogP contribution in [0.1, 0.15) is 13.3 Å². The predicted octanol–water partition coefficient (Wildman–Crippen LogP) is -0.0888. The molecule has 2 aromatic rings. The number of H-pyrrole nitrogens is 1. The number of nitrogens with zero attached hydrogens (tertiary/aromatic N) is 4. The summed E-state index contributed by atoms with van der Waals surface area (Å²) in [7, 11) is 1.64. The van der Waals surface area contributed by atoms with E-state index in [1.807, 2.05) is 4.90 Å². The first-order valence-electron chi connectivity index (χ1n) is 6.45. The third kappa shape index (κ3) is 2.27. The van der Waals surface area contributed by atoms with E-state index in [1.54, 1.807) is 20.2 Å². The molecule has 1 saturated heterocycles. The van der Waals surface area contributed by atoms with Crippen molar-refractivity contribution in [3.05, 3.63) is 6.20 Å². The quantitative estimate of drug-likeness (QED) is 0.703. The molecule has 0 saturated carbocycles. The monoisotopic (exact) mass is 278 g/mol. The summed E-state index contributed by atoms with van der Waals surface area (Å²) in [6.45, 7) is 2.90. The number of hydrogen-bond donors (Lipinski definition) is 3. The van der Waals surface area contributed by atoms with Crippen LogP contribution in [0.2, 0.25) is 0 Å². The van der Waals surface area contributed by atoms with Crippen molar-refractivity contribution in [3.8, 4) is 0 Å². The van der Waals surface area contributed by atoms with E-state index in [9.17, 15) is 5.11 Å². The summed E-state index contributed by atoms with van der Waals surface area (Å²) < 4.78 is 5.40. The highest BCUT2D eigenvalue weighted by molar-refractivity contribution is 5.87. The summed E-state index contributed by atoms with van der Waals surface area (Å²) in [5.74, 6) is 0.846. The third-order valence-electron chi connectivity index (χ3n) is 3.56. The molecule has 0 bridgehead atoms. The number of aromatic amines is 1. The van der Waals surface area contributed by atoms with Gasteiger partial charge in [-0.2, -0.15) is 15.1 Å². The number of aromatic nitrogens is 4. The van der Waals surface area contributed by atoms with E-state index in [2.05, 4.69) is 20.2 Å². The van der Waals surface area contributed by atoms with Crippen molar-refractivity contribution in [1.29, 1.82) is 0 Å². The number of β-amino-alcohol motifs (C(OH)–C–C–N with tert-alkyl or cyclic N) is 1. The van der Waals surface area contributed by atoms with Gasteiger partial charge in [-0.1, -0.05) is 0 Å². The molecule has 20 heavy (non-hydrogen) atoms. The largest absolute Gasteiger partial charge is 0.388 e. The van der Waals surface area contributed by atoms with Crippen LogP contribution in [0.4, 0.5) is 11.8 Å². The Kier molecular flexibility index (Phi) is 2.98. The first-order chi connectivity index (χ1) is 9.48. The Morgan fingerprint density at radius 3 is 3.10 bits per heavy atom. The van der Waals surface area contributed by atoms with Crippen molar-refractivity contribution in [3.63, 3.8) is 0 Å². The van der Waals surface area contributed by atoms with Crippen LogP contribution in [0.15, 0.2) is 6.20 Å². The van der Waals surface area contributed by atoms with Crippen LogP contribution in [-0.2, 0) is 4.74 Å². The second-order valence-electron chi connectivity index (χ2n) is 5.48. The Morgan fingerprint density at radius 1 is 1.55 bits per heavy atom. The van der Waals surface area contributed by atoms with Gasteiger partial charge in [0.25, 0.3) is 0 Å². The van der Waals surface area contributed by atoms with Gasteiger partial charge < -0.3 is 20.5 Å². The molecule has 0 amide bonds. The Hall–Kier alpha value is -1.93. The molecular formula is C12H18N6O2. The second kappa shape index (κ2) is 4.57. The zero-order valence-electron chi connectivity index (χ0n) is 11.5. The van der Waals surface area contributed by atoms with Gasteiger partial charge in [0.15, 0.2) is 5.65 Å². The minimum atomic E-state index is -0.839. The lowest BCUT2D eigenvalue weighted by molar-refractivity contribution is -0.0248. The van der Waals surface area contributed by atoms with Crippen molar-refractivity contribution in [2.45, 2.75) is 25.0 Å². The molecule has 0 radical (unpaired) electrons. The molecule has 1 unspecified atom stereocenters. The first kappa shape index (κ1) is 13.1. The molecule has 0 aliphatic carbocycles. The van der Waals surface area contributed by atoms with E-state index in [4.69, 9.17) is 10.5 Å². The maximum atomic E-state index is 10.4. The highest BCUT2D eigenvalue weighted by atomic mass is 16.5. The smallest absolute Gasteiger partial charge is 0.224 e. The average molecular weight is 278 g/mol. The van der Waals surface area contributed by atoms with E-state index in [0.717, 1.165) is 5.39 Å². The van der Waals surface area contributed by atoms with Gasteiger partial charge in [-0.15, -0.1) is 0 Å². The van der Waals surface area contributed by atoms with Crippen molar-refractivity contribution < 1.29 is 9.84 Å². The zero-order chi connectivity index (χ0) is 14.3. The van der Waals surface area contributed by atoms with Gasteiger partial charge in [0.05, 0.1) is 23.3 Å². The molecule has 3 rings (SSSR count). The fraction of sp³-hybridized carbons (Fsp3) is 0.583. The van der Waals surface area contributed by atoms with Crippen LogP contribution in [0.25, 0.3) is 11.0 Å². The number of methoxy groups -OCH3 is 1. The number of ether oxygens (including phenoxy) is 1. The SMILES string of the molecule is COC1CN(c2nc(N)nc3[nH]ncc23)C[C@@](C)(O)C1. The number of anilines is 2. The fourth-order valence-electron chi connectivity index (χ4n) is 2.74. The predicted molar refractivity (Wildman–Crippen MR) is 74.3 cm³/mol.